The van der Waals surface area contributed by atoms with Crippen molar-refractivity contribution in [3.8, 4) is 0 Å². The van der Waals surface area contributed by atoms with Crippen LogP contribution in [-0.4, -0.2) is 22.4 Å². The van der Waals surface area contributed by atoms with E-state index in [0.29, 0.717) is 18.1 Å². The molecular formula is C13H23N3O2. The monoisotopic (exact) mass is 253 g/mol. The summed E-state index contributed by atoms with van der Waals surface area (Å²) in [6, 6.07) is 1.53. The van der Waals surface area contributed by atoms with Gasteiger partial charge in [0, 0.05) is 13.1 Å². The van der Waals surface area contributed by atoms with E-state index in [1.54, 1.807) is 7.05 Å². The van der Waals surface area contributed by atoms with Crippen LogP contribution >= 0.6 is 0 Å². The molecule has 0 amide bonds. The van der Waals surface area contributed by atoms with Gasteiger partial charge in [0.05, 0.1) is 6.61 Å². The van der Waals surface area contributed by atoms with E-state index in [4.69, 9.17) is 10.5 Å². The molecule has 0 radical (unpaired) electrons. The molecule has 0 aliphatic rings. The zero-order valence-corrected chi connectivity index (χ0v) is 11.3. The fraction of sp³-hybridized carbons (Fsp3) is 0.692. The third kappa shape index (κ3) is 4.77. The molecule has 18 heavy (non-hydrogen) atoms. The molecule has 0 aliphatic carbocycles. The maximum Gasteiger partial charge on any atom is 0.356 e. The molecule has 0 saturated carbocycles. The number of carbonyl (C=O) groups excluding carboxylic acids is 1. The number of hydrogen-bond acceptors (Lipinski definition) is 4. The number of rotatable bonds is 8. The number of esters is 1. The average Bonchev–Trinajstić information content (AvgIpc) is 2.67. The second-order valence-corrected chi connectivity index (χ2v) is 4.48. The Morgan fingerprint density at radius 1 is 1.33 bits per heavy atom. The van der Waals surface area contributed by atoms with E-state index in [1.807, 2.05) is 0 Å². The van der Waals surface area contributed by atoms with Crippen molar-refractivity contribution in [3.63, 3.8) is 0 Å². The van der Waals surface area contributed by atoms with Crippen LogP contribution < -0.4 is 5.73 Å². The zero-order valence-electron chi connectivity index (χ0n) is 11.3. The van der Waals surface area contributed by atoms with E-state index in [2.05, 4.69) is 12.0 Å². The fourth-order valence-electron chi connectivity index (χ4n) is 1.80. The van der Waals surface area contributed by atoms with Gasteiger partial charge in [0.15, 0.2) is 0 Å². The lowest BCUT2D eigenvalue weighted by molar-refractivity contribution is 0.0485. The van der Waals surface area contributed by atoms with Crippen molar-refractivity contribution in [2.45, 2.75) is 45.4 Å². The normalized spacial score (nSPS) is 10.6. The molecule has 102 valence electrons. The lowest BCUT2D eigenvalue weighted by Gasteiger charge is -2.04. The number of carbonyl (C=O) groups is 1. The Morgan fingerprint density at radius 2 is 2.00 bits per heavy atom. The maximum absolute atomic E-state index is 11.7. The summed E-state index contributed by atoms with van der Waals surface area (Å²) >= 11 is 0. The van der Waals surface area contributed by atoms with Crippen LogP contribution in [-0.2, 0) is 11.8 Å². The van der Waals surface area contributed by atoms with Gasteiger partial charge in [0.2, 0.25) is 0 Å². The van der Waals surface area contributed by atoms with Gasteiger partial charge in [-0.1, -0.05) is 39.0 Å². The molecule has 1 rings (SSSR count). The number of nitrogens with two attached hydrogens (primary N) is 1. The number of anilines is 1. The molecule has 0 aromatic carbocycles. The summed E-state index contributed by atoms with van der Waals surface area (Å²) in [5.74, 6) is -0.0146. The second-order valence-electron chi connectivity index (χ2n) is 4.48. The Hall–Kier alpha value is -1.52. The Balaban J connectivity index is 2.16. The molecule has 1 aromatic heterocycles. The molecule has 0 aliphatic heterocycles. The van der Waals surface area contributed by atoms with E-state index in [9.17, 15) is 4.79 Å². The van der Waals surface area contributed by atoms with Crippen LogP contribution in [0, 0.1) is 0 Å². The van der Waals surface area contributed by atoms with E-state index < -0.39 is 0 Å². The van der Waals surface area contributed by atoms with E-state index in [-0.39, 0.29) is 5.97 Å². The largest absolute Gasteiger partial charge is 0.461 e. The molecule has 0 atom stereocenters. The summed E-state index contributed by atoms with van der Waals surface area (Å²) in [6.45, 7) is 2.66. The van der Waals surface area contributed by atoms with Crippen molar-refractivity contribution in [1.29, 1.82) is 0 Å². The van der Waals surface area contributed by atoms with Crippen LogP contribution in [0.25, 0.3) is 0 Å². The molecule has 1 heterocycles. The van der Waals surface area contributed by atoms with E-state index in [0.717, 1.165) is 12.8 Å². The van der Waals surface area contributed by atoms with Crippen LogP contribution in [0.2, 0.25) is 0 Å². The summed E-state index contributed by atoms with van der Waals surface area (Å²) in [5.41, 5.74) is 5.90. The average molecular weight is 253 g/mol. The number of unbranched alkanes of at least 4 members (excludes halogenated alkanes) is 5. The maximum atomic E-state index is 11.7. The van der Waals surface area contributed by atoms with Crippen molar-refractivity contribution in [3.05, 3.63) is 11.8 Å². The van der Waals surface area contributed by atoms with Gasteiger partial charge in [0.1, 0.15) is 11.5 Å². The lowest BCUT2D eigenvalue weighted by Crippen LogP contribution is -2.11. The molecular weight excluding hydrogens is 230 g/mol. The molecule has 0 fully saturated rings. The Kier molecular flexibility index (Phi) is 6.25. The SMILES string of the molecule is CCCCCCCCOC(=O)c1cc(N)nn1C. The number of aryl methyl sites for hydroxylation is 1. The quantitative estimate of drug-likeness (QED) is 0.571. The van der Waals surface area contributed by atoms with Crippen LogP contribution in [0.5, 0.6) is 0 Å². The highest BCUT2D eigenvalue weighted by molar-refractivity contribution is 5.88. The lowest BCUT2D eigenvalue weighted by atomic mass is 10.1. The van der Waals surface area contributed by atoms with Gasteiger partial charge in [-0.25, -0.2) is 4.79 Å². The number of hydrogen-bond donors (Lipinski definition) is 1. The highest BCUT2D eigenvalue weighted by atomic mass is 16.5. The van der Waals surface area contributed by atoms with Crippen LogP contribution in [0.1, 0.15) is 55.9 Å². The minimum atomic E-state index is -0.352. The standard InChI is InChI=1S/C13H23N3O2/c1-3-4-5-6-7-8-9-18-13(17)11-10-12(14)15-16(11)2/h10H,3-9H2,1-2H3,(H2,14,15). The van der Waals surface area contributed by atoms with Crippen LogP contribution in [0.4, 0.5) is 5.82 Å². The van der Waals surface area contributed by atoms with Crippen LogP contribution in [0.3, 0.4) is 0 Å². The third-order valence-electron chi connectivity index (χ3n) is 2.84. The predicted octanol–water partition coefficient (Wildman–Crippen LogP) is 2.52. The van der Waals surface area contributed by atoms with Crippen molar-refractivity contribution in [2.24, 2.45) is 7.05 Å². The number of ether oxygens (including phenoxy) is 1. The summed E-state index contributed by atoms with van der Waals surface area (Å²) in [4.78, 5) is 11.7. The predicted molar refractivity (Wildman–Crippen MR) is 71.3 cm³/mol. The number of nitrogen functional groups attached to an aromatic ring is 1. The van der Waals surface area contributed by atoms with Crippen LogP contribution in [0.15, 0.2) is 6.07 Å². The smallest absolute Gasteiger partial charge is 0.356 e. The van der Waals surface area contributed by atoms with Crippen molar-refractivity contribution in [2.75, 3.05) is 12.3 Å². The molecule has 0 saturated heterocycles. The minimum Gasteiger partial charge on any atom is -0.461 e. The molecule has 0 spiro atoms. The Labute approximate surface area is 108 Å². The van der Waals surface area contributed by atoms with Crippen molar-refractivity contribution >= 4 is 11.8 Å². The zero-order chi connectivity index (χ0) is 13.4. The topological polar surface area (TPSA) is 70.1 Å². The Morgan fingerprint density at radius 3 is 2.61 bits per heavy atom. The van der Waals surface area contributed by atoms with Gasteiger partial charge < -0.3 is 10.5 Å². The minimum absolute atomic E-state index is 0.337. The third-order valence-corrected chi connectivity index (χ3v) is 2.84. The molecule has 0 unspecified atom stereocenters. The van der Waals surface area contributed by atoms with E-state index in [1.165, 1.54) is 36.4 Å². The molecule has 1 aromatic rings. The Bertz CT molecular complexity index is 374. The van der Waals surface area contributed by atoms with Crippen molar-refractivity contribution in [1.82, 2.24) is 9.78 Å². The first-order chi connectivity index (χ1) is 8.65. The molecule has 5 heteroatoms. The summed E-state index contributed by atoms with van der Waals surface area (Å²) in [6.07, 6.45) is 7.04. The van der Waals surface area contributed by atoms with Gasteiger partial charge in [-0.15, -0.1) is 0 Å². The van der Waals surface area contributed by atoms with Crippen molar-refractivity contribution < 1.29 is 9.53 Å². The first-order valence-electron chi connectivity index (χ1n) is 6.61. The molecule has 2 N–H and O–H groups in total. The highest BCUT2D eigenvalue weighted by Crippen LogP contribution is 2.08. The number of aromatic nitrogens is 2. The number of nitrogens with zero attached hydrogens (tertiary/aromatic N) is 2. The van der Waals surface area contributed by atoms with Gasteiger partial charge in [-0.2, -0.15) is 5.10 Å². The highest BCUT2D eigenvalue weighted by Gasteiger charge is 2.12. The first kappa shape index (κ1) is 14.5. The fourth-order valence-corrected chi connectivity index (χ4v) is 1.80. The summed E-state index contributed by atoms with van der Waals surface area (Å²) in [7, 11) is 1.68. The summed E-state index contributed by atoms with van der Waals surface area (Å²) in [5, 5.41) is 3.90. The van der Waals surface area contributed by atoms with E-state index >= 15 is 0 Å². The van der Waals surface area contributed by atoms with Gasteiger partial charge in [0.25, 0.3) is 0 Å². The van der Waals surface area contributed by atoms with Gasteiger partial charge in [-0.3, -0.25) is 4.68 Å². The second kappa shape index (κ2) is 7.74. The molecule has 5 nitrogen and oxygen atoms in total. The van der Waals surface area contributed by atoms with Gasteiger partial charge in [-0.05, 0) is 6.42 Å². The first-order valence-corrected chi connectivity index (χ1v) is 6.61. The van der Waals surface area contributed by atoms with Gasteiger partial charge >= 0.3 is 5.97 Å². The molecule has 0 bridgehead atoms. The summed E-state index contributed by atoms with van der Waals surface area (Å²) < 4.78 is 6.62.